The Balaban J connectivity index is 2.24. The lowest BCUT2D eigenvalue weighted by molar-refractivity contribution is 0.103. The lowest BCUT2D eigenvalue weighted by Crippen LogP contribution is -2.09. The molecule has 0 atom stereocenters. The van der Waals surface area contributed by atoms with Crippen LogP contribution in [0.3, 0.4) is 0 Å². The highest BCUT2D eigenvalue weighted by Gasteiger charge is 2.09. The molecule has 0 radical (unpaired) electrons. The molecular formula is C14H12BrNO3S. The molecule has 104 valence electrons. The first-order valence-corrected chi connectivity index (χ1v) is 8.42. The third-order valence-corrected chi connectivity index (χ3v) is 3.64. The van der Waals surface area contributed by atoms with Crippen molar-refractivity contribution in [3.63, 3.8) is 0 Å². The fourth-order valence-electron chi connectivity index (χ4n) is 1.70. The van der Waals surface area contributed by atoms with E-state index >= 15 is 0 Å². The van der Waals surface area contributed by atoms with Crippen LogP contribution in [-0.2, 0) is 10.0 Å². The summed E-state index contributed by atoms with van der Waals surface area (Å²) in [5.74, 6) is -0.114. The van der Waals surface area contributed by atoms with E-state index in [1.807, 2.05) is 6.07 Å². The largest absolute Gasteiger partial charge is 0.289 e. The molecule has 0 spiro atoms. The molecule has 0 bridgehead atoms. The fourth-order valence-corrected chi connectivity index (χ4v) is 2.66. The number of sulfonamides is 1. The first-order valence-electron chi connectivity index (χ1n) is 5.73. The van der Waals surface area contributed by atoms with Gasteiger partial charge >= 0.3 is 0 Å². The molecule has 2 aromatic rings. The number of ketones is 1. The van der Waals surface area contributed by atoms with Crippen molar-refractivity contribution < 1.29 is 13.2 Å². The standard InChI is InChI=1S/C14H12BrNO3S/c1-20(18,19)16-13-7-5-10(6-8-13)14(17)11-3-2-4-12(15)9-11/h2-9,16H,1H3. The zero-order valence-corrected chi connectivity index (χ0v) is 13.0. The molecule has 0 saturated heterocycles. The molecule has 6 heteroatoms. The lowest BCUT2D eigenvalue weighted by atomic mass is 10.0. The number of hydrogen-bond donors (Lipinski definition) is 1. The molecule has 1 N–H and O–H groups in total. The molecule has 0 unspecified atom stereocenters. The van der Waals surface area contributed by atoms with Crippen LogP contribution in [-0.4, -0.2) is 20.5 Å². The van der Waals surface area contributed by atoms with Crippen molar-refractivity contribution in [1.29, 1.82) is 0 Å². The minimum absolute atomic E-state index is 0.114. The highest BCUT2D eigenvalue weighted by atomic mass is 79.9. The number of hydrogen-bond acceptors (Lipinski definition) is 3. The van der Waals surface area contributed by atoms with Crippen molar-refractivity contribution in [2.75, 3.05) is 11.0 Å². The minimum Gasteiger partial charge on any atom is -0.289 e. The van der Waals surface area contributed by atoms with Crippen molar-refractivity contribution in [1.82, 2.24) is 0 Å². The molecule has 0 aliphatic carbocycles. The van der Waals surface area contributed by atoms with Crippen LogP contribution >= 0.6 is 15.9 Å². The molecular weight excluding hydrogens is 342 g/mol. The number of rotatable bonds is 4. The summed E-state index contributed by atoms with van der Waals surface area (Å²) in [7, 11) is -3.31. The smallest absolute Gasteiger partial charge is 0.229 e. The van der Waals surface area contributed by atoms with Crippen molar-refractivity contribution in [2.45, 2.75) is 0 Å². The number of anilines is 1. The Morgan fingerprint density at radius 3 is 2.25 bits per heavy atom. The molecule has 4 nitrogen and oxygen atoms in total. The Morgan fingerprint density at radius 1 is 1.05 bits per heavy atom. The van der Waals surface area contributed by atoms with E-state index in [2.05, 4.69) is 20.7 Å². The number of benzene rings is 2. The summed E-state index contributed by atoms with van der Waals surface area (Å²) in [4.78, 5) is 12.2. The van der Waals surface area contributed by atoms with Gasteiger partial charge in [-0.1, -0.05) is 28.1 Å². The first-order chi connectivity index (χ1) is 9.35. The third kappa shape index (κ3) is 3.91. The predicted octanol–water partition coefficient (Wildman–Crippen LogP) is 3.05. The van der Waals surface area contributed by atoms with Crippen LogP contribution in [0.25, 0.3) is 0 Å². The first kappa shape index (κ1) is 14.7. The van der Waals surface area contributed by atoms with E-state index in [9.17, 15) is 13.2 Å². The van der Waals surface area contributed by atoms with Crippen LogP contribution in [0.5, 0.6) is 0 Å². The molecule has 20 heavy (non-hydrogen) atoms. The molecule has 0 fully saturated rings. The van der Waals surface area contributed by atoms with Crippen LogP contribution in [0.15, 0.2) is 53.0 Å². The van der Waals surface area contributed by atoms with Gasteiger partial charge in [0.15, 0.2) is 5.78 Å². The van der Waals surface area contributed by atoms with Gasteiger partial charge in [0.2, 0.25) is 10.0 Å². The summed E-state index contributed by atoms with van der Waals surface area (Å²) in [5.41, 5.74) is 1.50. The van der Waals surface area contributed by atoms with E-state index in [1.165, 1.54) is 0 Å². The zero-order valence-electron chi connectivity index (χ0n) is 10.6. The Labute approximate surface area is 126 Å². The van der Waals surface area contributed by atoms with Gasteiger partial charge in [0.05, 0.1) is 6.26 Å². The zero-order chi connectivity index (χ0) is 14.8. The second-order valence-electron chi connectivity index (χ2n) is 4.29. The van der Waals surface area contributed by atoms with Gasteiger partial charge in [-0.2, -0.15) is 0 Å². The Morgan fingerprint density at radius 2 is 1.70 bits per heavy atom. The number of carbonyl (C=O) groups is 1. The van der Waals surface area contributed by atoms with Crippen molar-refractivity contribution in [2.24, 2.45) is 0 Å². The van der Waals surface area contributed by atoms with E-state index < -0.39 is 10.0 Å². The normalized spacial score (nSPS) is 11.1. The predicted molar refractivity (Wildman–Crippen MR) is 82.5 cm³/mol. The van der Waals surface area contributed by atoms with Gasteiger partial charge in [0.1, 0.15) is 0 Å². The molecule has 0 amide bonds. The Bertz CT molecular complexity index is 739. The maximum absolute atomic E-state index is 12.2. The van der Waals surface area contributed by atoms with Crippen LogP contribution in [0, 0.1) is 0 Å². The van der Waals surface area contributed by atoms with E-state index in [4.69, 9.17) is 0 Å². The molecule has 0 saturated carbocycles. The van der Waals surface area contributed by atoms with Crippen LogP contribution in [0.4, 0.5) is 5.69 Å². The fraction of sp³-hybridized carbons (Fsp3) is 0.0714. The quantitative estimate of drug-likeness (QED) is 0.859. The summed E-state index contributed by atoms with van der Waals surface area (Å²) in [6.45, 7) is 0. The summed E-state index contributed by atoms with van der Waals surface area (Å²) < 4.78 is 25.4. The van der Waals surface area contributed by atoms with Gasteiger partial charge in [0, 0.05) is 21.3 Å². The molecule has 0 heterocycles. The maximum atomic E-state index is 12.2. The average molecular weight is 354 g/mol. The van der Waals surface area contributed by atoms with Crippen molar-refractivity contribution in [3.05, 3.63) is 64.1 Å². The van der Waals surface area contributed by atoms with Gasteiger partial charge < -0.3 is 0 Å². The molecule has 2 rings (SSSR count). The van der Waals surface area contributed by atoms with E-state index in [-0.39, 0.29) is 5.78 Å². The summed E-state index contributed by atoms with van der Waals surface area (Å²) >= 11 is 3.32. The third-order valence-electron chi connectivity index (χ3n) is 2.54. The van der Waals surface area contributed by atoms with Gasteiger partial charge in [-0.15, -0.1) is 0 Å². The Hall–Kier alpha value is -1.66. The second kappa shape index (κ2) is 5.76. The summed E-state index contributed by atoms with van der Waals surface area (Å²) in [5, 5.41) is 0. The van der Waals surface area contributed by atoms with Crippen LogP contribution < -0.4 is 4.72 Å². The molecule has 0 aliphatic rings. The van der Waals surface area contributed by atoms with Gasteiger partial charge in [-0.3, -0.25) is 9.52 Å². The van der Waals surface area contributed by atoms with Gasteiger partial charge in [-0.05, 0) is 36.4 Å². The molecule has 2 aromatic carbocycles. The van der Waals surface area contributed by atoms with E-state index in [0.717, 1.165) is 10.7 Å². The summed E-state index contributed by atoms with van der Waals surface area (Å²) in [6.07, 6.45) is 1.08. The van der Waals surface area contributed by atoms with Gasteiger partial charge in [0.25, 0.3) is 0 Å². The second-order valence-corrected chi connectivity index (χ2v) is 6.96. The molecule has 0 aromatic heterocycles. The highest BCUT2D eigenvalue weighted by molar-refractivity contribution is 9.10. The van der Waals surface area contributed by atoms with Crippen molar-refractivity contribution >= 4 is 37.4 Å². The Kier molecular flexibility index (Phi) is 4.25. The monoisotopic (exact) mass is 353 g/mol. The van der Waals surface area contributed by atoms with E-state index in [0.29, 0.717) is 16.8 Å². The topological polar surface area (TPSA) is 63.2 Å². The minimum atomic E-state index is -3.31. The maximum Gasteiger partial charge on any atom is 0.229 e. The molecule has 0 aliphatic heterocycles. The van der Waals surface area contributed by atoms with Crippen LogP contribution in [0.2, 0.25) is 0 Å². The van der Waals surface area contributed by atoms with Crippen LogP contribution in [0.1, 0.15) is 15.9 Å². The van der Waals surface area contributed by atoms with Gasteiger partial charge in [-0.25, -0.2) is 8.42 Å². The SMILES string of the molecule is CS(=O)(=O)Nc1ccc(C(=O)c2cccc(Br)c2)cc1. The lowest BCUT2D eigenvalue weighted by Gasteiger charge is -2.05. The average Bonchev–Trinajstić information content (AvgIpc) is 2.37. The summed E-state index contributed by atoms with van der Waals surface area (Å²) in [6, 6.07) is 13.4. The highest BCUT2D eigenvalue weighted by Crippen LogP contribution is 2.17. The number of halogens is 1. The number of carbonyl (C=O) groups excluding carboxylic acids is 1. The van der Waals surface area contributed by atoms with E-state index in [1.54, 1.807) is 42.5 Å². The number of nitrogens with one attached hydrogen (secondary N) is 1. The van der Waals surface area contributed by atoms with Crippen molar-refractivity contribution in [3.8, 4) is 0 Å².